The van der Waals surface area contributed by atoms with Crippen molar-refractivity contribution in [2.45, 2.75) is 6.54 Å². The second-order valence-corrected chi connectivity index (χ2v) is 5.43. The molecule has 0 aliphatic heterocycles. The van der Waals surface area contributed by atoms with Gasteiger partial charge in [-0.1, -0.05) is 6.07 Å². The fraction of sp³-hybridized carbons (Fsp3) is 0.231. The van der Waals surface area contributed by atoms with Crippen LogP contribution in [0.1, 0.15) is 4.88 Å². The highest BCUT2D eigenvalue weighted by molar-refractivity contribution is 7.09. The van der Waals surface area contributed by atoms with E-state index in [2.05, 4.69) is 36.8 Å². The fourth-order valence-electron chi connectivity index (χ4n) is 1.83. The summed E-state index contributed by atoms with van der Waals surface area (Å²) < 4.78 is 1.62. The van der Waals surface area contributed by atoms with Crippen molar-refractivity contribution in [3.63, 3.8) is 0 Å². The van der Waals surface area contributed by atoms with E-state index in [0.29, 0.717) is 17.8 Å². The van der Waals surface area contributed by atoms with Crippen LogP contribution in [0, 0.1) is 0 Å². The van der Waals surface area contributed by atoms with Crippen LogP contribution in [0.25, 0.3) is 5.95 Å². The van der Waals surface area contributed by atoms with Gasteiger partial charge in [0.25, 0.3) is 5.95 Å². The summed E-state index contributed by atoms with van der Waals surface area (Å²) in [7, 11) is 3.74. The maximum atomic E-state index is 4.47. The maximum absolute atomic E-state index is 4.47. The van der Waals surface area contributed by atoms with Crippen LogP contribution in [0.5, 0.6) is 0 Å². The predicted molar refractivity (Wildman–Crippen MR) is 82.9 cm³/mol. The van der Waals surface area contributed by atoms with Crippen LogP contribution in [0.3, 0.4) is 0 Å². The monoisotopic (exact) mass is 301 g/mol. The van der Waals surface area contributed by atoms with Gasteiger partial charge < -0.3 is 10.2 Å². The quantitative estimate of drug-likeness (QED) is 0.775. The average Bonchev–Trinajstić information content (AvgIpc) is 3.20. The van der Waals surface area contributed by atoms with E-state index in [1.165, 1.54) is 4.88 Å². The molecular formula is C13H15N7S. The Kier molecular flexibility index (Phi) is 3.78. The molecule has 3 aromatic heterocycles. The molecule has 1 N–H and O–H groups in total. The van der Waals surface area contributed by atoms with E-state index >= 15 is 0 Å². The Morgan fingerprint density at radius 2 is 2.19 bits per heavy atom. The maximum Gasteiger partial charge on any atom is 0.257 e. The number of hydrogen-bond acceptors (Lipinski definition) is 7. The second kappa shape index (κ2) is 5.88. The molecular weight excluding hydrogens is 286 g/mol. The lowest BCUT2D eigenvalue weighted by molar-refractivity contribution is 0.777. The molecule has 3 rings (SSSR count). The lowest BCUT2D eigenvalue weighted by Gasteiger charge is -2.17. The van der Waals surface area contributed by atoms with E-state index in [9.17, 15) is 0 Å². The van der Waals surface area contributed by atoms with E-state index in [1.807, 2.05) is 24.1 Å². The van der Waals surface area contributed by atoms with Gasteiger partial charge in [0.1, 0.15) is 0 Å². The Hall–Kier alpha value is -2.48. The minimum absolute atomic E-state index is 0.493. The van der Waals surface area contributed by atoms with E-state index in [0.717, 1.165) is 6.54 Å². The van der Waals surface area contributed by atoms with Crippen LogP contribution in [0.2, 0.25) is 0 Å². The molecule has 0 aromatic carbocycles. The van der Waals surface area contributed by atoms with Gasteiger partial charge in [-0.3, -0.25) is 0 Å². The molecule has 0 unspecified atom stereocenters. The van der Waals surface area contributed by atoms with Gasteiger partial charge >= 0.3 is 0 Å². The minimum Gasteiger partial charge on any atom is -0.357 e. The number of nitrogens with zero attached hydrogens (tertiary/aromatic N) is 6. The molecule has 3 aromatic rings. The SMILES string of the molecule is CNc1nc(N(C)Cc2cccs2)nc(-n2cccn2)n1. The summed E-state index contributed by atoms with van der Waals surface area (Å²) in [5.74, 6) is 1.61. The zero-order valence-electron chi connectivity index (χ0n) is 11.8. The highest BCUT2D eigenvalue weighted by Gasteiger charge is 2.12. The van der Waals surface area contributed by atoms with Crippen molar-refractivity contribution in [1.29, 1.82) is 0 Å². The summed E-state index contributed by atoms with van der Waals surface area (Å²) >= 11 is 1.71. The highest BCUT2D eigenvalue weighted by Crippen LogP contribution is 2.16. The van der Waals surface area contributed by atoms with E-state index < -0.39 is 0 Å². The highest BCUT2D eigenvalue weighted by atomic mass is 32.1. The van der Waals surface area contributed by atoms with Crippen molar-refractivity contribution in [3.05, 3.63) is 40.8 Å². The molecule has 0 atom stereocenters. The van der Waals surface area contributed by atoms with Crippen LogP contribution in [0.15, 0.2) is 36.0 Å². The zero-order chi connectivity index (χ0) is 14.7. The third-order valence-corrected chi connectivity index (χ3v) is 3.72. The Morgan fingerprint density at radius 1 is 1.29 bits per heavy atom. The Morgan fingerprint density at radius 3 is 2.86 bits per heavy atom. The Labute approximate surface area is 126 Å². The third-order valence-electron chi connectivity index (χ3n) is 2.86. The van der Waals surface area contributed by atoms with Gasteiger partial charge in [0.2, 0.25) is 11.9 Å². The number of anilines is 2. The molecule has 0 fully saturated rings. The molecule has 0 aliphatic carbocycles. The van der Waals surface area contributed by atoms with Gasteiger partial charge in [0, 0.05) is 31.4 Å². The zero-order valence-corrected chi connectivity index (χ0v) is 12.6. The third kappa shape index (κ3) is 3.00. The molecule has 7 nitrogen and oxygen atoms in total. The first kappa shape index (κ1) is 13.5. The fourth-order valence-corrected chi connectivity index (χ4v) is 2.59. The van der Waals surface area contributed by atoms with Crippen LogP contribution in [0.4, 0.5) is 11.9 Å². The molecule has 0 amide bonds. The number of hydrogen-bond donors (Lipinski definition) is 1. The molecule has 8 heteroatoms. The molecule has 0 saturated carbocycles. The van der Waals surface area contributed by atoms with Gasteiger partial charge in [-0.05, 0) is 17.5 Å². The van der Waals surface area contributed by atoms with Gasteiger partial charge in [-0.15, -0.1) is 11.3 Å². The molecule has 0 spiro atoms. The summed E-state index contributed by atoms with van der Waals surface area (Å²) in [6.45, 7) is 0.753. The van der Waals surface area contributed by atoms with Crippen LogP contribution < -0.4 is 10.2 Å². The number of rotatable bonds is 5. The van der Waals surface area contributed by atoms with E-state index in [1.54, 1.807) is 35.5 Å². The minimum atomic E-state index is 0.493. The van der Waals surface area contributed by atoms with Crippen molar-refractivity contribution in [1.82, 2.24) is 24.7 Å². The first-order valence-electron chi connectivity index (χ1n) is 6.43. The Bertz CT molecular complexity index is 693. The van der Waals surface area contributed by atoms with E-state index in [-0.39, 0.29) is 0 Å². The van der Waals surface area contributed by atoms with Crippen molar-refractivity contribution < 1.29 is 0 Å². The number of aromatic nitrogens is 5. The predicted octanol–water partition coefficient (Wildman–Crippen LogP) is 1.80. The number of nitrogens with one attached hydrogen (secondary N) is 1. The van der Waals surface area contributed by atoms with Crippen LogP contribution in [-0.2, 0) is 6.54 Å². The largest absolute Gasteiger partial charge is 0.357 e. The van der Waals surface area contributed by atoms with Gasteiger partial charge in [-0.2, -0.15) is 20.1 Å². The first-order chi connectivity index (χ1) is 10.3. The lowest BCUT2D eigenvalue weighted by atomic mass is 10.4. The standard InChI is InChI=1S/C13H15N7S/c1-14-11-16-12(19(2)9-10-5-3-8-21-10)18-13(17-11)20-7-4-6-15-20/h3-8H,9H2,1-2H3,(H,14,16,17,18). The average molecular weight is 301 g/mol. The first-order valence-corrected chi connectivity index (χ1v) is 7.31. The van der Waals surface area contributed by atoms with Gasteiger partial charge in [0.15, 0.2) is 0 Å². The molecule has 3 heterocycles. The summed E-state index contributed by atoms with van der Waals surface area (Å²) in [6.07, 6.45) is 3.50. The molecule has 0 aliphatic rings. The normalized spacial score (nSPS) is 10.6. The summed E-state index contributed by atoms with van der Waals surface area (Å²) in [6, 6.07) is 5.96. The second-order valence-electron chi connectivity index (χ2n) is 4.40. The van der Waals surface area contributed by atoms with Crippen molar-refractivity contribution >= 4 is 23.2 Å². The molecule has 21 heavy (non-hydrogen) atoms. The molecule has 0 bridgehead atoms. The topological polar surface area (TPSA) is 71.8 Å². The van der Waals surface area contributed by atoms with Crippen molar-refractivity contribution in [2.24, 2.45) is 0 Å². The summed E-state index contributed by atoms with van der Waals surface area (Å²) in [4.78, 5) is 16.4. The smallest absolute Gasteiger partial charge is 0.257 e. The summed E-state index contributed by atoms with van der Waals surface area (Å²) in [5, 5.41) is 9.17. The van der Waals surface area contributed by atoms with Crippen molar-refractivity contribution in [3.8, 4) is 5.95 Å². The van der Waals surface area contributed by atoms with E-state index in [4.69, 9.17) is 0 Å². The summed E-state index contributed by atoms with van der Waals surface area (Å²) in [5.41, 5.74) is 0. The molecule has 0 saturated heterocycles. The van der Waals surface area contributed by atoms with Gasteiger partial charge in [-0.25, -0.2) is 4.68 Å². The van der Waals surface area contributed by atoms with Gasteiger partial charge in [0.05, 0.1) is 6.54 Å². The molecule has 0 radical (unpaired) electrons. The van der Waals surface area contributed by atoms with Crippen LogP contribution in [-0.4, -0.2) is 38.8 Å². The molecule has 108 valence electrons. The Balaban J connectivity index is 1.92. The van der Waals surface area contributed by atoms with Crippen molar-refractivity contribution in [2.75, 3.05) is 24.3 Å². The lowest BCUT2D eigenvalue weighted by Crippen LogP contribution is -2.21. The number of thiophene rings is 1. The van der Waals surface area contributed by atoms with Crippen LogP contribution >= 0.6 is 11.3 Å².